The molecule has 0 spiro atoms. The second kappa shape index (κ2) is 9.12. The van der Waals surface area contributed by atoms with Crippen molar-refractivity contribution in [3.05, 3.63) is 0 Å². The Morgan fingerprint density at radius 1 is 1.32 bits per heavy atom. The SMILES string of the molecule is CC(C)OC(=O)CC1C(=O)NCCN1C(=S)NC(=O)CC1CCCC1. The molecule has 2 aliphatic rings. The van der Waals surface area contributed by atoms with Crippen LogP contribution in [0.15, 0.2) is 0 Å². The van der Waals surface area contributed by atoms with E-state index in [2.05, 4.69) is 10.6 Å². The van der Waals surface area contributed by atoms with E-state index in [4.69, 9.17) is 17.0 Å². The fraction of sp³-hybridized carbons (Fsp3) is 0.765. The first-order valence-corrected chi connectivity index (χ1v) is 9.35. The number of nitrogens with one attached hydrogen (secondary N) is 2. The molecule has 140 valence electrons. The van der Waals surface area contributed by atoms with Gasteiger partial charge in [-0.2, -0.15) is 0 Å². The predicted octanol–water partition coefficient (Wildman–Crippen LogP) is 1.11. The molecule has 0 bridgehead atoms. The number of amides is 2. The topological polar surface area (TPSA) is 87.7 Å². The van der Waals surface area contributed by atoms with Crippen LogP contribution in [0.5, 0.6) is 0 Å². The Hall–Kier alpha value is -1.70. The monoisotopic (exact) mass is 369 g/mol. The molecule has 0 radical (unpaired) electrons. The number of hydrogen-bond acceptors (Lipinski definition) is 5. The number of hydrogen-bond donors (Lipinski definition) is 2. The Kier molecular flexibility index (Phi) is 7.16. The van der Waals surface area contributed by atoms with Crippen molar-refractivity contribution in [2.45, 2.75) is 64.5 Å². The molecule has 2 fully saturated rings. The van der Waals surface area contributed by atoms with Gasteiger partial charge >= 0.3 is 5.97 Å². The normalized spacial score (nSPS) is 21.2. The van der Waals surface area contributed by atoms with E-state index in [0.29, 0.717) is 25.4 Å². The second-order valence-corrected chi connectivity index (χ2v) is 7.34. The van der Waals surface area contributed by atoms with Crippen LogP contribution in [0.1, 0.15) is 52.4 Å². The minimum Gasteiger partial charge on any atom is -0.463 e. The zero-order chi connectivity index (χ0) is 18.4. The lowest BCUT2D eigenvalue weighted by Crippen LogP contribution is -2.60. The highest BCUT2D eigenvalue weighted by molar-refractivity contribution is 7.80. The van der Waals surface area contributed by atoms with Crippen LogP contribution >= 0.6 is 12.2 Å². The number of ether oxygens (including phenoxy) is 1. The molecular weight excluding hydrogens is 342 g/mol. The molecule has 1 aliphatic heterocycles. The van der Waals surface area contributed by atoms with Gasteiger partial charge in [-0.1, -0.05) is 12.8 Å². The fourth-order valence-corrected chi connectivity index (χ4v) is 3.68. The molecule has 1 aliphatic carbocycles. The highest BCUT2D eigenvalue weighted by atomic mass is 32.1. The molecule has 0 aromatic carbocycles. The molecule has 7 nitrogen and oxygen atoms in total. The lowest BCUT2D eigenvalue weighted by Gasteiger charge is -2.36. The number of carbonyl (C=O) groups excluding carboxylic acids is 3. The summed E-state index contributed by atoms with van der Waals surface area (Å²) in [4.78, 5) is 37.9. The first-order valence-electron chi connectivity index (χ1n) is 8.94. The van der Waals surface area contributed by atoms with E-state index < -0.39 is 12.0 Å². The molecule has 8 heteroatoms. The quantitative estimate of drug-likeness (QED) is 0.558. The minimum atomic E-state index is -0.751. The molecule has 1 heterocycles. The van der Waals surface area contributed by atoms with Gasteiger partial charge in [0.2, 0.25) is 11.8 Å². The molecule has 25 heavy (non-hydrogen) atoms. The number of piperazine rings is 1. The molecular formula is C17H27N3O4S. The molecule has 1 saturated carbocycles. The van der Waals surface area contributed by atoms with Crippen molar-refractivity contribution in [3.8, 4) is 0 Å². The zero-order valence-corrected chi connectivity index (χ0v) is 15.7. The fourth-order valence-electron chi connectivity index (χ4n) is 3.35. The van der Waals surface area contributed by atoms with Gasteiger partial charge in [-0.3, -0.25) is 14.4 Å². The summed E-state index contributed by atoms with van der Waals surface area (Å²) in [6, 6.07) is -0.751. The standard InChI is InChI=1S/C17H27N3O4S/c1-11(2)24-15(22)10-13-16(23)18-7-8-20(13)17(25)19-14(21)9-12-5-3-4-6-12/h11-13H,3-10H2,1-2H3,(H,18,23)(H,19,21,25). The van der Waals surface area contributed by atoms with E-state index >= 15 is 0 Å². The van der Waals surface area contributed by atoms with Crippen LogP contribution in [0.4, 0.5) is 0 Å². The molecule has 1 saturated heterocycles. The van der Waals surface area contributed by atoms with Crippen molar-refractivity contribution in [1.82, 2.24) is 15.5 Å². The minimum absolute atomic E-state index is 0.0946. The van der Waals surface area contributed by atoms with Gasteiger partial charge in [0, 0.05) is 19.5 Å². The third-order valence-corrected chi connectivity index (χ3v) is 4.85. The number of nitrogens with zero attached hydrogens (tertiary/aromatic N) is 1. The van der Waals surface area contributed by atoms with Crippen molar-refractivity contribution in [2.75, 3.05) is 13.1 Å². The maximum Gasteiger partial charge on any atom is 0.308 e. The largest absolute Gasteiger partial charge is 0.463 e. The molecule has 1 atom stereocenters. The average molecular weight is 369 g/mol. The van der Waals surface area contributed by atoms with E-state index in [9.17, 15) is 14.4 Å². The average Bonchev–Trinajstić information content (AvgIpc) is 3.01. The third-order valence-electron chi connectivity index (χ3n) is 4.51. The summed E-state index contributed by atoms with van der Waals surface area (Å²) in [7, 11) is 0. The lowest BCUT2D eigenvalue weighted by atomic mass is 10.0. The van der Waals surface area contributed by atoms with Crippen molar-refractivity contribution in [1.29, 1.82) is 0 Å². The molecule has 2 amide bonds. The molecule has 2 rings (SSSR count). The number of thiocarbonyl (C=S) groups is 1. The van der Waals surface area contributed by atoms with Crippen LogP contribution < -0.4 is 10.6 Å². The van der Waals surface area contributed by atoms with Gasteiger partial charge in [0.05, 0.1) is 12.5 Å². The summed E-state index contributed by atoms with van der Waals surface area (Å²) in [5, 5.41) is 5.66. The van der Waals surface area contributed by atoms with E-state index in [0.717, 1.165) is 12.8 Å². The van der Waals surface area contributed by atoms with Crippen LogP contribution in [0, 0.1) is 5.92 Å². The van der Waals surface area contributed by atoms with E-state index in [1.165, 1.54) is 12.8 Å². The van der Waals surface area contributed by atoms with Crippen LogP contribution in [0.2, 0.25) is 0 Å². The summed E-state index contributed by atoms with van der Waals surface area (Å²) in [6.45, 7) is 4.39. The lowest BCUT2D eigenvalue weighted by molar-refractivity contribution is -0.150. The van der Waals surface area contributed by atoms with Crippen molar-refractivity contribution >= 4 is 35.1 Å². The Bertz CT molecular complexity index is 532. The highest BCUT2D eigenvalue weighted by Gasteiger charge is 2.34. The van der Waals surface area contributed by atoms with E-state index in [1.807, 2.05) is 0 Å². The predicted molar refractivity (Wildman–Crippen MR) is 96.7 cm³/mol. The molecule has 1 unspecified atom stereocenters. The van der Waals surface area contributed by atoms with Gasteiger partial charge in [0.1, 0.15) is 6.04 Å². The second-order valence-electron chi connectivity index (χ2n) is 6.95. The van der Waals surface area contributed by atoms with Gasteiger partial charge in [0.25, 0.3) is 0 Å². The van der Waals surface area contributed by atoms with Gasteiger partial charge in [0.15, 0.2) is 5.11 Å². The summed E-state index contributed by atoms with van der Waals surface area (Å²) in [5.41, 5.74) is 0. The first-order chi connectivity index (χ1) is 11.9. The Morgan fingerprint density at radius 2 is 2.00 bits per heavy atom. The first kappa shape index (κ1) is 19.6. The summed E-state index contributed by atoms with van der Waals surface area (Å²) < 4.78 is 5.12. The van der Waals surface area contributed by atoms with Crippen LogP contribution in [-0.2, 0) is 19.1 Å². The Labute approximate surface area is 153 Å². The van der Waals surface area contributed by atoms with Crippen LogP contribution in [0.25, 0.3) is 0 Å². The summed E-state index contributed by atoms with van der Waals surface area (Å²) in [5.74, 6) is -0.433. The number of carbonyl (C=O) groups is 3. The summed E-state index contributed by atoms with van der Waals surface area (Å²) >= 11 is 5.32. The third kappa shape index (κ3) is 5.95. The van der Waals surface area contributed by atoms with Gasteiger partial charge in [-0.15, -0.1) is 0 Å². The van der Waals surface area contributed by atoms with Crippen molar-refractivity contribution in [2.24, 2.45) is 5.92 Å². The van der Waals surface area contributed by atoms with Crippen LogP contribution in [0.3, 0.4) is 0 Å². The highest BCUT2D eigenvalue weighted by Crippen LogP contribution is 2.27. The van der Waals surface area contributed by atoms with Gasteiger partial charge in [-0.05, 0) is 44.8 Å². The maximum absolute atomic E-state index is 12.2. The molecule has 0 aromatic rings. The molecule has 0 aromatic heterocycles. The molecule has 2 N–H and O–H groups in total. The number of rotatable bonds is 5. The number of esters is 1. The van der Waals surface area contributed by atoms with Gasteiger partial charge in [-0.25, -0.2) is 0 Å². The van der Waals surface area contributed by atoms with Gasteiger partial charge < -0.3 is 20.3 Å². The Morgan fingerprint density at radius 3 is 2.64 bits per heavy atom. The smallest absolute Gasteiger partial charge is 0.308 e. The Balaban J connectivity index is 1.92. The zero-order valence-electron chi connectivity index (χ0n) is 14.9. The van der Waals surface area contributed by atoms with Crippen molar-refractivity contribution in [3.63, 3.8) is 0 Å². The van der Waals surface area contributed by atoms with E-state index in [-0.39, 0.29) is 29.5 Å². The maximum atomic E-state index is 12.2. The summed E-state index contributed by atoms with van der Waals surface area (Å²) in [6.07, 6.45) is 4.63. The van der Waals surface area contributed by atoms with Crippen molar-refractivity contribution < 1.29 is 19.1 Å². The van der Waals surface area contributed by atoms with Crippen LogP contribution in [-0.4, -0.2) is 53.0 Å². The van der Waals surface area contributed by atoms with E-state index in [1.54, 1.807) is 18.7 Å².